The van der Waals surface area contributed by atoms with Gasteiger partial charge in [0.25, 0.3) is 0 Å². The number of phenols is 1. The Balaban J connectivity index is 0.000000381. The average molecular weight is 318 g/mol. The van der Waals surface area contributed by atoms with E-state index in [2.05, 4.69) is 0 Å². The van der Waals surface area contributed by atoms with Crippen molar-refractivity contribution in [1.29, 1.82) is 0 Å². The van der Waals surface area contributed by atoms with Crippen LogP contribution in [0.2, 0.25) is 0 Å². The standard InChI is InChI=1S/C9H10O2.C9H12O.O2/c1-5-4-8(10)6(2)7(3)9(5)11;1-6-4-5-7(2)9(10)8(6)3;1-2/h4H,1-3H3;4-5,10H,1-3H3;. The Kier molecular flexibility index (Phi) is 7.80. The minimum absolute atomic E-state index is 0.0119. The largest absolute Gasteiger partial charge is 0.507 e. The van der Waals surface area contributed by atoms with E-state index in [9.17, 15) is 14.7 Å². The van der Waals surface area contributed by atoms with Crippen LogP contribution in [0.1, 0.15) is 37.5 Å². The first kappa shape index (κ1) is 20.4. The molecule has 1 aromatic carbocycles. The van der Waals surface area contributed by atoms with E-state index >= 15 is 0 Å². The van der Waals surface area contributed by atoms with Crippen molar-refractivity contribution < 1.29 is 14.7 Å². The van der Waals surface area contributed by atoms with Gasteiger partial charge in [-0.3, -0.25) is 9.59 Å². The topological polar surface area (TPSA) is 88.5 Å². The summed E-state index contributed by atoms with van der Waals surface area (Å²) in [6.07, 6.45) is 1.39. The molecule has 5 heteroatoms. The number of ketones is 2. The van der Waals surface area contributed by atoms with Gasteiger partial charge in [0.1, 0.15) is 5.75 Å². The maximum Gasteiger partial charge on any atom is 0.184 e. The number of benzene rings is 1. The van der Waals surface area contributed by atoms with Crippen LogP contribution in [0.5, 0.6) is 5.75 Å². The first-order valence-electron chi connectivity index (χ1n) is 7.04. The molecule has 1 N–H and O–H groups in total. The molecule has 0 saturated carbocycles. The molecule has 124 valence electrons. The summed E-state index contributed by atoms with van der Waals surface area (Å²) in [6.45, 7) is 10.9. The lowest BCUT2D eigenvalue weighted by atomic mass is 9.92. The van der Waals surface area contributed by atoms with Gasteiger partial charge in [-0.1, -0.05) is 12.1 Å². The number of hydrogen-bond donors (Lipinski definition) is 1. The first-order chi connectivity index (χ1) is 10.7. The summed E-state index contributed by atoms with van der Waals surface area (Å²) in [6, 6.07) is 3.95. The molecule has 0 aromatic heterocycles. The number of rotatable bonds is 0. The molecule has 0 heterocycles. The molecule has 0 atom stereocenters. The zero-order chi connectivity index (χ0) is 18.3. The zero-order valence-electron chi connectivity index (χ0n) is 14.3. The van der Waals surface area contributed by atoms with Crippen LogP contribution in [-0.4, -0.2) is 16.7 Å². The fraction of sp³-hybridized carbons (Fsp3) is 0.333. The molecule has 1 aromatic rings. The van der Waals surface area contributed by atoms with E-state index in [1.807, 2.05) is 32.9 Å². The van der Waals surface area contributed by atoms with Crippen LogP contribution in [0.15, 0.2) is 34.9 Å². The second kappa shape index (κ2) is 8.78. The van der Waals surface area contributed by atoms with E-state index in [0.717, 1.165) is 16.7 Å². The molecule has 0 amide bonds. The lowest BCUT2D eigenvalue weighted by molar-refractivity contribution is -0.115. The van der Waals surface area contributed by atoms with E-state index in [0.29, 0.717) is 22.5 Å². The molecule has 0 aliphatic heterocycles. The quantitative estimate of drug-likeness (QED) is 0.735. The summed E-state index contributed by atoms with van der Waals surface area (Å²) in [7, 11) is 0. The maximum absolute atomic E-state index is 11.2. The van der Waals surface area contributed by atoms with Crippen LogP contribution >= 0.6 is 0 Å². The van der Waals surface area contributed by atoms with Crippen molar-refractivity contribution >= 4 is 11.6 Å². The normalized spacial score (nSPS) is 13.6. The number of Topliss-reactive ketones (excluding diaryl/α,β-unsaturated/α-hetero) is 1. The van der Waals surface area contributed by atoms with Gasteiger partial charge in [-0.2, -0.15) is 0 Å². The highest BCUT2D eigenvalue weighted by Gasteiger charge is 2.19. The lowest BCUT2D eigenvalue weighted by Gasteiger charge is -2.09. The van der Waals surface area contributed by atoms with Gasteiger partial charge < -0.3 is 5.11 Å². The van der Waals surface area contributed by atoms with E-state index in [-0.39, 0.29) is 11.6 Å². The molecule has 1 aliphatic rings. The molecular formula is C18H22O5. The maximum atomic E-state index is 11.2. The summed E-state index contributed by atoms with van der Waals surface area (Å²) in [5.74, 6) is 0.377. The Morgan fingerprint density at radius 1 is 0.783 bits per heavy atom. The van der Waals surface area contributed by atoms with Crippen molar-refractivity contribution in [3.05, 3.63) is 61.5 Å². The second-order valence-corrected chi connectivity index (χ2v) is 5.44. The van der Waals surface area contributed by atoms with Crippen molar-refractivity contribution in [2.75, 3.05) is 0 Å². The van der Waals surface area contributed by atoms with Gasteiger partial charge in [0.2, 0.25) is 0 Å². The molecule has 0 bridgehead atoms. The number of allylic oxidation sites excluding steroid dienone is 4. The number of aromatic hydroxyl groups is 1. The van der Waals surface area contributed by atoms with E-state index < -0.39 is 0 Å². The Morgan fingerprint density at radius 3 is 1.74 bits per heavy atom. The second-order valence-electron chi connectivity index (χ2n) is 5.44. The van der Waals surface area contributed by atoms with Gasteiger partial charge in [0.15, 0.2) is 11.6 Å². The Hall–Kier alpha value is -2.56. The minimum atomic E-state index is -0.0420. The Bertz CT molecular complexity index is 654. The molecule has 0 unspecified atom stereocenters. The minimum Gasteiger partial charge on any atom is -0.507 e. The SMILES string of the molecule is CC1=CC(=O)C(C)=C(C)C1=O.Cc1ccc(C)c(O)c1C.O=O. The number of aryl methyl sites for hydroxylation is 2. The zero-order valence-corrected chi connectivity index (χ0v) is 14.3. The third-order valence-electron chi connectivity index (χ3n) is 3.88. The highest BCUT2D eigenvalue weighted by Crippen LogP contribution is 2.23. The molecule has 23 heavy (non-hydrogen) atoms. The van der Waals surface area contributed by atoms with E-state index in [1.165, 1.54) is 6.08 Å². The summed E-state index contributed by atoms with van der Waals surface area (Å²) < 4.78 is 0. The third kappa shape index (κ3) is 4.98. The smallest absolute Gasteiger partial charge is 0.184 e. The van der Waals surface area contributed by atoms with Gasteiger partial charge >= 0.3 is 0 Å². The molecule has 5 nitrogen and oxygen atoms in total. The molecule has 0 spiro atoms. The van der Waals surface area contributed by atoms with Crippen LogP contribution in [0, 0.1) is 30.7 Å². The number of phenolic OH excluding ortho intramolecular Hbond substituents is 1. The predicted octanol–water partition coefficient (Wildman–Crippen LogP) is 3.81. The van der Waals surface area contributed by atoms with Crippen LogP contribution in [-0.2, 0) is 9.59 Å². The molecule has 2 rings (SSSR count). The van der Waals surface area contributed by atoms with E-state index in [4.69, 9.17) is 9.93 Å². The van der Waals surface area contributed by atoms with Crippen molar-refractivity contribution in [1.82, 2.24) is 0 Å². The van der Waals surface area contributed by atoms with Crippen molar-refractivity contribution in [3.63, 3.8) is 0 Å². The monoisotopic (exact) mass is 318 g/mol. The van der Waals surface area contributed by atoms with Gasteiger partial charge in [0.05, 0.1) is 0 Å². The Morgan fingerprint density at radius 2 is 1.26 bits per heavy atom. The fourth-order valence-electron chi connectivity index (χ4n) is 1.96. The van der Waals surface area contributed by atoms with Crippen molar-refractivity contribution in [3.8, 4) is 5.75 Å². The van der Waals surface area contributed by atoms with Gasteiger partial charge in [0, 0.05) is 26.6 Å². The fourth-order valence-corrected chi connectivity index (χ4v) is 1.96. The summed E-state index contributed by atoms with van der Waals surface area (Å²) >= 11 is 0. The summed E-state index contributed by atoms with van der Waals surface area (Å²) in [5.41, 5.74) is 4.76. The van der Waals surface area contributed by atoms with Crippen molar-refractivity contribution in [2.45, 2.75) is 41.5 Å². The molecule has 0 fully saturated rings. The van der Waals surface area contributed by atoms with Gasteiger partial charge in [-0.25, -0.2) is 0 Å². The van der Waals surface area contributed by atoms with Crippen molar-refractivity contribution in [2.24, 2.45) is 0 Å². The summed E-state index contributed by atoms with van der Waals surface area (Å²) in [5, 5.41) is 9.39. The van der Waals surface area contributed by atoms with Gasteiger partial charge in [-0.05, 0) is 64.3 Å². The Labute approximate surface area is 135 Å². The number of hydrogen-bond acceptors (Lipinski definition) is 5. The average Bonchev–Trinajstić information content (AvgIpc) is 2.55. The molecule has 1 aliphatic carbocycles. The summed E-state index contributed by atoms with van der Waals surface area (Å²) in [4.78, 5) is 36.3. The van der Waals surface area contributed by atoms with Crippen LogP contribution < -0.4 is 0 Å². The number of carbonyl (C=O) groups excluding carboxylic acids is 2. The van der Waals surface area contributed by atoms with Crippen LogP contribution in [0.4, 0.5) is 0 Å². The molecule has 0 saturated heterocycles. The number of carbonyl (C=O) groups is 2. The molecular weight excluding hydrogens is 296 g/mol. The van der Waals surface area contributed by atoms with Crippen LogP contribution in [0.25, 0.3) is 0 Å². The van der Waals surface area contributed by atoms with Crippen LogP contribution in [0.3, 0.4) is 0 Å². The van der Waals surface area contributed by atoms with E-state index in [1.54, 1.807) is 20.8 Å². The molecule has 0 radical (unpaired) electrons. The first-order valence-corrected chi connectivity index (χ1v) is 7.04. The highest BCUT2D eigenvalue weighted by atomic mass is 16.7. The lowest BCUT2D eigenvalue weighted by Crippen LogP contribution is -2.14. The highest BCUT2D eigenvalue weighted by molar-refractivity contribution is 6.21. The third-order valence-corrected chi connectivity index (χ3v) is 3.88. The van der Waals surface area contributed by atoms with Gasteiger partial charge in [-0.15, -0.1) is 0 Å². The predicted molar refractivity (Wildman–Crippen MR) is 91.2 cm³/mol.